The summed E-state index contributed by atoms with van der Waals surface area (Å²) in [6.07, 6.45) is 2.51. The summed E-state index contributed by atoms with van der Waals surface area (Å²) in [7, 11) is 0. The Morgan fingerprint density at radius 2 is 1.97 bits per heavy atom. The quantitative estimate of drug-likeness (QED) is 0.449. The van der Waals surface area contributed by atoms with Gasteiger partial charge in [-0.25, -0.2) is 0 Å². The molecule has 0 amide bonds. The largest absolute Gasteiger partial charge is 0.493 e. The Bertz CT molecular complexity index is 1190. The molecule has 1 unspecified atom stereocenters. The third-order valence-corrected chi connectivity index (χ3v) is 7.84. The minimum atomic E-state index is -0.448. The zero-order chi connectivity index (χ0) is 23.9. The lowest BCUT2D eigenvalue weighted by Gasteiger charge is -2.30. The van der Waals surface area contributed by atoms with Crippen LogP contribution in [0.2, 0.25) is 0 Å². The monoisotopic (exact) mass is 475 g/mol. The number of aliphatic hydroxyl groups excluding tert-OH is 1. The number of aliphatic hydroxyl groups is 1. The first-order valence-electron chi connectivity index (χ1n) is 12.1. The minimum Gasteiger partial charge on any atom is -0.493 e. The number of hydrogen-bond donors (Lipinski definition) is 1. The number of nitrogens with zero attached hydrogens (tertiary/aromatic N) is 1. The van der Waals surface area contributed by atoms with Gasteiger partial charge in [0.15, 0.2) is 0 Å². The molecule has 0 aliphatic carbocycles. The van der Waals surface area contributed by atoms with Gasteiger partial charge in [-0.1, -0.05) is 36.4 Å². The highest BCUT2D eigenvalue weighted by molar-refractivity contribution is 8.00. The van der Waals surface area contributed by atoms with Gasteiger partial charge in [-0.3, -0.25) is 4.98 Å². The van der Waals surface area contributed by atoms with Crippen LogP contribution in [0.3, 0.4) is 0 Å². The van der Waals surface area contributed by atoms with Crippen molar-refractivity contribution >= 4 is 11.8 Å². The van der Waals surface area contributed by atoms with E-state index in [1.54, 1.807) is 0 Å². The van der Waals surface area contributed by atoms with Crippen molar-refractivity contribution < 1.29 is 14.6 Å². The van der Waals surface area contributed by atoms with Crippen molar-refractivity contribution in [3.63, 3.8) is 0 Å². The number of aryl methyl sites for hydroxylation is 2. The molecule has 0 spiro atoms. The Kier molecular flexibility index (Phi) is 6.45. The van der Waals surface area contributed by atoms with Crippen molar-refractivity contribution in [2.75, 3.05) is 13.2 Å². The number of hydrogen-bond acceptors (Lipinski definition) is 5. The Balaban J connectivity index is 1.67. The van der Waals surface area contributed by atoms with Crippen LogP contribution in [0.1, 0.15) is 66.6 Å². The minimum absolute atomic E-state index is 0.0909. The molecule has 5 heteroatoms. The molecule has 0 radical (unpaired) electrons. The van der Waals surface area contributed by atoms with E-state index in [9.17, 15) is 5.11 Å². The first-order chi connectivity index (χ1) is 16.3. The second-order valence-electron chi connectivity index (χ2n) is 10.2. The van der Waals surface area contributed by atoms with E-state index >= 15 is 0 Å². The molecule has 4 nitrogen and oxygen atoms in total. The third-order valence-electron chi connectivity index (χ3n) is 6.44. The standard InChI is InChI=1S/C29H33NO3S/c1-18-26(24(17-31)33-29(2,3)4)27(21-12-13-23-20(15-21)11-8-14-32-23)28-22(30-18)16-25(34-28)19-9-6-5-7-10-19/h5-7,9-10,12-13,15,24-25,31H,8,11,14,16-17H2,1-4H3/t24-,25?/m1/s1. The van der Waals surface area contributed by atoms with Gasteiger partial charge in [0.05, 0.1) is 24.5 Å². The fourth-order valence-electron chi connectivity index (χ4n) is 5.05. The van der Waals surface area contributed by atoms with Gasteiger partial charge >= 0.3 is 0 Å². The molecule has 2 aliphatic heterocycles. The molecule has 0 bridgehead atoms. The highest BCUT2D eigenvalue weighted by atomic mass is 32.2. The first-order valence-corrected chi connectivity index (χ1v) is 13.0. The summed E-state index contributed by atoms with van der Waals surface area (Å²) >= 11 is 1.89. The van der Waals surface area contributed by atoms with Crippen LogP contribution in [0.25, 0.3) is 11.1 Å². The van der Waals surface area contributed by atoms with E-state index in [2.05, 4.69) is 55.5 Å². The molecule has 1 N–H and O–H groups in total. The van der Waals surface area contributed by atoms with E-state index < -0.39 is 6.10 Å². The maximum Gasteiger partial charge on any atom is 0.122 e. The molecule has 178 valence electrons. The van der Waals surface area contributed by atoms with E-state index in [1.165, 1.54) is 16.0 Å². The molecule has 0 saturated heterocycles. The SMILES string of the molecule is Cc1nc2c(c(-c3ccc4c(c3)CCCO4)c1[C@@H](CO)OC(C)(C)C)SC(c1ccccc1)C2. The third kappa shape index (κ3) is 4.61. The predicted molar refractivity (Wildman–Crippen MR) is 138 cm³/mol. The van der Waals surface area contributed by atoms with Crippen LogP contribution in [0.15, 0.2) is 53.4 Å². The van der Waals surface area contributed by atoms with Gasteiger partial charge in [-0.05, 0) is 69.4 Å². The van der Waals surface area contributed by atoms with Crippen LogP contribution in [0.5, 0.6) is 5.75 Å². The highest BCUT2D eigenvalue weighted by Crippen LogP contribution is 2.52. The first kappa shape index (κ1) is 23.4. The maximum atomic E-state index is 10.4. The molecule has 0 fully saturated rings. The molecule has 2 aliphatic rings. The van der Waals surface area contributed by atoms with Crippen molar-refractivity contribution in [3.05, 3.63) is 76.6 Å². The van der Waals surface area contributed by atoms with Crippen molar-refractivity contribution in [2.45, 2.75) is 68.8 Å². The Labute approximate surface area is 206 Å². The molecular formula is C29H33NO3S. The summed E-state index contributed by atoms with van der Waals surface area (Å²) < 4.78 is 12.3. The van der Waals surface area contributed by atoms with Gasteiger partial charge in [0.2, 0.25) is 0 Å². The van der Waals surface area contributed by atoms with E-state index in [-0.39, 0.29) is 12.2 Å². The second kappa shape index (κ2) is 9.37. The molecule has 3 heterocycles. The number of ether oxygens (including phenoxy) is 2. The second-order valence-corrected chi connectivity index (χ2v) is 11.4. The van der Waals surface area contributed by atoms with Gasteiger partial charge in [0, 0.05) is 33.4 Å². The normalized spacial score (nSPS) is 18.2. The zero-order valence-corrected chi connectivity index (χ0v) is 21.2. The number of fused-ring (bicyclic) bond motifs is 2. The fourth-order valence-corrected chi connectivity index (χ4v) is 6.48. The molecule has 2 atom stereocenters. The van der Waals surface area contributed by atoms with E-state index in [0.717, 1.165) is 59.7 Å². The van der Waals surface area contributed by atoms with Crippen LogP contribution in [0.4, 0.5) is 0 Å². The number of pyridine rings is 1. The highest BCUT2D eigenvalue weighted by Gasteiger charge is 2.34. The summed E-state index contributed by atoms with van der Waals surface area (Å²) in [5.41, 5.74) is 7.54. The zero-order valence-electron chi connectivity index (χ0n) is 20.4. The number of rotatable bonds is 5. The fraction of sp³-hybridized carbons (Fsp3) is 0.414. The van der Waals surface area contributed by atoms with Crippen LogP contribution in [0, 0.1) is 6.92 Å². The van der Waals surface area contributed by atoms with Crippen molar-refractivity contribution in [3.8, 4) is 16.9 Å². The Hall–Kier alpha value is -2.34. The average Bonchev–Trinajstić information content (AvgIpc) is 3.25. The summed E-state index contributed by atoms with van der Waals surface area (Å²) in [6, 6.07) is 17.2. The van der Waals surface area contributed by atoms with Crippen molar-refractivity contribution in [2.24, 2.45) is 0 Å². The number of aromatic nitrogens is 1. The number of thioether (sulfide) groups is 1. The van der Waals surface area contributed by atoms with Gasteiger partial charge in [-0.15, -0.1) is 11.8 Å². The molecule has 1 aromatic heterocycles. The lowest BCUT2D eigenvalue weighted by atomic mass is 9.91. The summed E-state index contributed by atoms with van der Waals surface area (Å²) in [5.74, 6) is 0.985. The van der Waals surface area contributed by atoms with Gasteiger partial charge in [-0.2, -0.15) is 0 Å². The van der Waals surface area contributed by atoms with E-state index in [4.69, 9.17) is 14.5 Å². The lowest BCUT2D eigenvalue weighted by molar-refractivity contribution is -0.0824. The topological polar surface area (TPSA) is 51.6 Å². The summed E-state index contributed by atoms with van der Waals surface area (Å²) in [5, 5.41) is 10.8. The predicted octanol–water partition coefficient (Wildman–Crippen LogP) is 6.62. The smallest absolute Gasteiger partial charge is 0.122 e. The average molecular weight is 476 g/mol. The molecular weight excluding hydrogens is 442 g/mol. The van der Waals surface area contributed by atoms with Gasteiger partial charge in [0.1, 0.15) is 11.9 Å². The number of benzene rings is 2. The van der Waals surface area contributed by atoms with E-state index in [1.807, 2.05) is 32.5 Å². The molecule has 3 aromatic rings. The van der Waals surface area contributed by atoms with Crippen molar-refractivity contribution in [1.82, 2.24) is 4.98 Å². The van der Waals surface area contributed by atoms with E-state index in [0.29, 0.717) is 5.25 Å². The Morgan fingerprint density at radius 1 is 1.18 bits per heavy atom. The lowest BCUT2D eigenvalue weighted by Crippen LogP contribution is -2.26. The van der Waals surface area contributed by atoms with Gasteiger partial charge in [0.25, 0.3) is 0 Å². The Morgan fingerprint density at radius 3 is 2.71 bits per heavy atom. The molecule has 34 heavy (non-hydrogen) atoms. The van der Waals surface area contributed by atoms with Crippen LogP contribution >= 0.6 is 11.8 Å². The molecule has 5 rings (SSSR count). The van der Waals surface area contributed by atoms with Gasteiger partial charge < -0.3 is 14.6 Å². The van der Waals surface area contributed by atoms with Crippen LogP contribution < -0.4 is 4.74 Å². The maximum absolute atomic E-state index is 10.4. The van der Waals surface area contributed by atoms with Crippen LogP contribution in [-0.2, 0) is 17.6 Å². The summed E-state index contributed by atoms with van der Waals surface area (Å²) in [6.45, 7) is 8.83. The summed E-state index contributed by atoms with van der Waals surface area (Å²) in [4.78, 5) is 6.28. The van der Waals surface area contributed by atoms with Crippen LogP contribution in [-0.4, -0.2) is 28.9 Å². The molecule has 0 saturated carbocycles. The molecule has 2 aromatic carbocycles. The van der Waals surface area contributed by atoms with Crippen molar-refractivity contribution in [1.29, 1.82) is 0 Å².